The van der Waals surface area contributed by atoms with Crippen molar-refractivity contribution in [2.24, 2.45) is 0 Å². The summed E-state index contributed by atoms with van der Waals surface area (Å²) < 4.78 is 4.66. The molecule has 0 saturated carbocycles. The van der Waals surface area contributed by atoms with Crippen molar-refractivity contribution >= 4 is 12.0 Å². The minimum absolute atomic E-state index is 0.0545. The zero-order chi connectivity index (χ0) is 15.0. The molecule has 0 heterocycles. The zero-order valence-corrected chi connectivity index (χ0v) is 11.1. The summed E-state index contributed by atoms with van der Waals surface area (Å²) in [6.07, 6.45) is -2.60. The Kier molecular flexibility index (Phi) is 6.48. The van der Waals surface area contributed by atoms with Crippen LogP contribution in [0.15, 0.2) is 30.3 Å². The van der Waals surface area contributed by atoms with E-state index in [1.807, 2.05) is 6.07 Å². The van der Waals surface area contributed by atoms with Crippen LogP contribution in [0.1, 0.15) is 5.56 Å². The lowest BCUT2D eigenvalue weighted by Crippen LogP contribution is -2.51. The Labute approximate surface area is 116 Å². The number of hydrogen-bond donors (Lipinski definition) is 4. The van der Waals surface area contributed by atoms with E-state index in [4.69, 9.17) is 5.11 Å². The number of nitrogens with one attached hydrogen (secondary N) is 2. The summed E-state index contributed by atoms with van der Waals surface area (Å²) in [5.41, 5.74) is 0.810. The standard InChI is InChI=1S/C13H18N2O5/c1-20-8-14-12(17)11(16)10(15-13(18)19)7-9-5-3-2-4-6-9/h2-6,10-11,15-16H,7-8H2,1H3,(H,14,17)(H,18,19)/t10-,11?/m0/s1. The second-order valence-electron chi connectivity index (χ2n) is 4.16. The van der Waals surface area contributed by atoms with Crippen LogP contribution in [0.2, 0.25) is 0 Å². The largest absolute Gasteiger partial charge is 0.465 e. The highest BCUT2D eigenvalue weighted by molar-refractivity contribution is 5.82. The van der Waals surface area contributed by atoms with E-state index in [1.54, 1.807) is 24.3 Å². The zero-order valence-electron chi connectivity index (χ0n) is 11.1. The maximum atomic E-state index is 11.6. The Hall–Kier alpha value is -2.12. The molecule has 7 nitrogen and oxygen atoms in total. The number of aliphatic hydroxyl groups is 1. The van der Waals surface area contributed by atoms with Crippen molar-refractivity contribution in [3.63, 3.8) is 0 Å². The molecule has 0 spiro atoms. The van der Waals surface area contributed by atoms with Crippen LogP contribution in [0, 0.1) is 0 Å². The molecule has 20 heavy (non-hydrogen) atoms. The van der Waals surface area contributed by atoms with Crippen LogP contribution in [0.3, 0.4) is 0 Å². The number of carbonyl (C=O) groups is 2. The molecule has 0 aliphatic carbocycles. The fourth-order valence-electron chi connectivity index (χ4n) is 1.70. The van der Waals surface area contributed by atoms with Gasteiger partial charge in [-0.1, -0.05) is 30.3 Å². The maximum Gasteiger partial charge on any atom is 0.404 e. The Morgan fingerprint density at radius 2 is 1.95 bits per heavy atom. The summed E-state index contributed by atoms with van der Waals surface area (Å²) in [5, 5.41) is 23.2. The van der Waals surface area contributed by atoms with Crippen LogP contribution in [0.4, 0.5) is 4.79 Å². The molecule has 0 bridgehead atoms. The van der Waals surface area contributed by atoms with Gasteiger partial charge in [-0.3, -0.25) is 4.79 Å². The highest BCUT2D eigenvalue weighted by Gasteiger charge is 2.27. The van der Waals surface area contributed by atoms with Gasteiger partial charge in [0.1, 0.15) is 6.73 Å². The third kappa shape index (κ3) is 5.25. The number of rotatable bonds is 7. The predicted octanol–water partition coefficient (Wildman–Crippen LogP) is -0.0537. The predicted molar refractivity (Wildman–Crippen MR) is 71.1 cm³/mol. The lowest BCUT2D eigenvalue weighted by Gasteiger charge is -2.22. The first-order chi connectivity index (χ1) is 9.54. The number of hydrogen-bond acceptors (Lipinski definition) is 4. The Morgan fingerprint density at radius 1 is 1.30 bits per heavy atom. The number of methoxy groups -OCH3 is 1. The summed E-state index contributed by atoms with van der Waals surface area (Å²) in [5.74, 6) is -0.693. The van der Waals surface area contributed by atoms with Crippen molar-refractivity contribution in [1.29, 1.82) is 0 Å². The van der Waals surface area contributed by atoms with Gasteiger partial charge in [0.2, 0.25) is 0 Å². The molecule has 0 aromatic heterocycles. The summed E-state index contributed by atoms with van der Waals surface area (Å²) in [7, 11) is 1.39. The van der Waals surface area contributed by atoms with Crippen molar-refractivity contribution < 1.29 is 24.5 Å². The normalized spacial score (nSPS) is 13.3. The van der Waals surface area contributed by atoms with Crippen molar-refractivity contribution in [2.75, 3.05) is 13.8 Å². The Balaban J connectivity index is 2.72. The minimum atomic E-state index is -1.50. The molecule has 0 aliphatic heterocycles. The average Bonchev–Trinajstić information content (AvgIpc) is 2.44. The summed E-state index contributed by atoms with van der Waals surface area (Å²) in [6.45, 7) is -0.0545. The molecule has 2 amide bonds. The second-order valence-corrected chi connectivity index (χ2v) is 4.16. The van der Waals surface area contributed by atoms with E-state index < -0.39 is 24.1 Å². The SMILES string of the molecule is COCNC(=O)C(O)[C@H](Cc1ccccc1)NC(=O)O. The Bertz CT molecular complexity index is 438. The fourth-order valence-corrected chi connectivity index (χ4v) is 1.70. The molecular formula is C13H18N2O5. The lowest BCUT2D eigenvalue weighted by atomic mass is 10.0. The van der Waals surface area contributed by atoms with Gasteiger partial charge in [0, 0.05) is 7.11 Å². The van der Waals surface area contributed by atoms with Crippen LogP contribution in [-0.2, 0) is 16.0 Å². The third-order valence-electron chi connectivity index (χ3n) is 2.65. The van der Waals surface area contributed by atoms with Crippen molar-refractivity contribution in [2.45, 2.75) is 18.6 Å². The molecule has 1 aromatic rings. The summed E-state index contributed by atoms with van der Waals surface area (Å²) in [6, 6.07) is 8.05. The van der Waals surface area contributed by atoms with Gasteiger partial charge in [0.05, 0.1) is 6.04 Å². The van der Waals surface area contributed by atoms with Gasteiger partial charge in [0.15, 0.2) is 6.10 Å². The van der Waals surface area contributed by atoms with Crippen LogP contribution >= 0.6 is 0 Å². The highest BCUT2D eigenvalue weighted by atomic mass is 16.5. The fraction of sp³-hybridized carbons (Fsp3) is 0.385. The molecule has 1 unspecified atom stereocenters. The molecule has 0 saturated heterocycles. The monoisotopic (exact) mass is 282 g/mol. The molecule has 7 heteroatoms. The molecule has 0 aliphatic rings. The average molecular weight is 282 g/mol. The first-order valence-electron chi connectivity index (χ1n) is 6.02. The van der Waals surface area contributed by atoms with E-state index >= 15 is 0 Å². The first-order valence-corrected chi connectivity index (χ1v) is 6.02. The molecule has 0 radical (unpaired) electrons. The summed E-state index contributed by atoms with van der Waals surface area (Å²) >= 11 is 0. The van der Waals surface area contributed by atoms with Gasteiger partial charge in [-0.25, -0.2) is 4.79 Å². The van der Waals surface area contributed by atoms with Gasteiger partial charge in [-0.15, -0.1) is 0 Å². The number of ether oxygens (including phenoxy) is 1. The lowest BCUT2D eigenvalue weighted by molar-refractivity contribution is -0.132. The first kappa shape index (κ1) is 15.9. The van der Waals surface area contributed by atoms with E-state index in [1.165, 1.54) is 7.11 Å². The third-order valence-corrected chi connectivity index (χ3v) is 2.65. The topological polar surface area (TPSA) is 108 Å². The van der Waals surface area contributed by atoms with Crippen molar-refractivity contribution in [1.82, 2.24) is 10.6 Å². The van der Waals surface area contributed by atoms with Gasteiger partial charge in [-0.05, 0) is 12.0 Å². The number of carboxylic acid groups (broad SMARTS) is 1. The van der Waals surface area contributed by atoms with Crippen LogP contribution in [0.25, 0.3) is 0 Å². The number of benzene rings is 1. The second kappa shape index (κ2) is 8.13. The molecule has 0 fully saturated rings. The maximum absolute atomic E-state index is 11.6. The molecule has 1 rings (SSSR count). The quantitative estimate of drug-likeness (QED) is 0.524. The van der Waals surface area contributed by atoms with Crippen LogP contribution in [-0.4, -0.2) is 48.2 Å². The van der Waals surface area contributed by atoms with Crippen molar-refractivity contribution in [3.8, 4) is 0 Å². The number of amides is 2. The molecule has 2 atom stereocenters. The van der Waals surface area contributed by atoms with E-state index in [0.29, 0.717) is 0 Å². The van der Waals surface area contributed by atoms with Gasteiger partial charge >= 0.3 is 6.09 Å². The minimum Gasteiger partial charge on any atom is -0.465 e. The van der Waals surface area contributed by atoms with Gasteiger partial charge in [-0.2, -0.15) is 0 Å². The van der Waals surface area contributed by atoms with E-state index in [2.05, 4.69) is 15.4 Å². The molecule has 1 aromatic carbocycles. The van der Waals surface area contributed by atoms with E-state index in [9.17, 15) is 14.7 Å². The molecule has 110 valence electrons. The van der Waals surface area contributed by atoms with Crippen molar-refractivity contribution in [3.05, 3.63) is 35.9 Å². The number of aliphatic hydroxyl groups excluding tert-OH is 1. The van der Waals surface area contributed by atoms with Gasteiger partial charge < -0.3 is 25.6 Å². The number of carbonyl (C=O) groups excluding carboxylic acids is 1. The van der Waals surface area contributed by atoms with E-state index in [-0.39, 0.29) is 13.2 Å². The van der Waals surface area contributed by atoms with Crippen LogP contribution < -0.4 is 10.6 Å². The van der Waals surface area contributed by atoms with E-state index in [0.717, 1.165) is 5.56 Å². The highest BCUT2D eigenvalue weighted by Crippen LogP contribution is 2.07. The molecule has 4 N–H and O–H groups in total. The molecular weight excluding hydrogens is 264 g/mol. The van der Waals surface area contributed by atoms with Crippen LogP contribution in [0.5, 0.6) is 0 Å². The summed E-state index contributed by atoms with van der Waals surface area (Å²) in [4.78, 5) is 22.4. The van der Waals surface area contributed by atoms with Gasteiger partial charge in [0.25, 0.3) is 5.91 Å². The Morgan fingerprint density at radius 3 is 2.50 bits per heavy atom. The smallest absolute Gasteiger partial charge is 0.404 e.